The van der Waals surface area contributed by atoms with E-state index >= 15 is 0 Å². The molecule has 14 N–H and O–H groups in total. The summed E-state index contributed by atoms with van der Waals surface area (Å²) in [6, 6.07) is 2.69. The van der Waals surface area contributed by atoms with Gasteiger partial charge in [0.1, 0.15) is 0 Å². The molecule has 3 rings (SSSR count). The van der Waals surface area contributed by atoms with Gasteiger partial charge >= 0.3 is 0 Å². The molecule has 0 spiro atoms. The Kier molecular flexibility index (Phi) is 8.78. The molecule has 0 aliphatic heterocycles. The molecule has 1 aromatic heterocycles. The van der Waals surface area contributed by atoms with Crippen molar-refractivity contribution in [2.45, 2.75) is 31.7 Å². The minimum absolute atomic E-state index is 0.0328. The number of aromatic nitrogens is 2. The molecule has 0 radical (unpaired) electrons. The zero-order valence-electron chi connectivity index (χ0n) is 19.7. The highest BCUT2D eigenvalue weighted by atomic mass is 35.5. The SMILES string of the molecule is NC(=NCC1CCC(N=C(N)NC(=O)c2nc(Cl)c(N)nc2N)CC1)NC(=O)c1cc(Cl)c(N)cc1N. The normalized spacial score (nSPS) is 18.3. The Morgan fingerprint density at radius 2 is 1.54 bits per heavy atom. The molecule has 1 heterocycles. The fourth-order valence-corrected chi connectivity index (χ4v) is 4.01. The van der Waals surface area contributed by atoms with Crippen molar-refractivity contribution >= 4 is 69.9 Å². The first kappa shape index (κ1) is 27.5. The molecule has 2 aromatic rings. The number of aliphatic imine (C=N–C) groups is 2. The zero-order valence-corrected chi connectivity index (χ0v) is 21.2. The molecule has 0 saturated heterocycles. The number of anilines is 4. The maximum Gasteiger partial charge on any atom is 0.280 e. The molecule has 1 aliphatic rings. The standard InChI is InChI=1S/C21H28Cl2N12O2/c22-11-5-10(12(24)6-13(11)25)18(36)34-20(28)30-7-8-1-3-9(4-2-8)31-21(29)35-19(37)14-16(26)33-17(27)15(23)32-14/h5-6,8-9H,1-4,7,24-25H2,(H4,26,27,33)(H3,28,30,34,36)(H3,29,31,35,37). The fourth-order valence-electron chi connectivity index (χ4n) is 3.72. The van der Waals surface area contributed by atoms with Gasteiger partial charge < -0.3 is 34.4 Å². The number of hydrogen-bond donors (Lipinski definition) is 8. The molecule has 1 aromatic carbocycles. The summed E-state index contributed by atoms with van der Waals surface area (Å²) in [4.78, 5) is 41.0. The van der Waals surface area contributed by atoms with Crippen molar-refractivity contribution in [1.29, 1.82) is 0 Å². The second-order valence-corrected chi connectivity index (χ2v) is 9.18. The third-order valence-electron chi connectivity index (χ3n) is 5.67. The summed E-state index contributed by atoms with van der Waals surface area (Å²) in [6.07, 6.45) is 3.04. The molecular weight excluding hydrogens is 523 g/mol. The number of guanidine groups is 2. The van der Waals surface area contributed by atoms with Crippen LogP contribution in [0.25, 0.3) is 0 Å². The lowest BCUT2D eigenvalue weighted by Gasteiger charge is -2.25. The lowest BCUT2D eigenvalue weighted by atomic mass is 9.86. The smallest absolute Gasteiger partial charge is 0.280 e. The molecule has 1 fully saturated rings. The number of rotatable bonds is 5. The minimum atomic E-state index is -0.698. The van der Waals surface area contributed by atoms with Crippen LogP contribution in [0.2, 0.25) is 10.2 Å². The monoisotopic (exact) mass is 550 g/mol. The predicted octanol–water partition coefficient (Wildman–Crippen LogP) is 0.460. The Balaban J connectivity index is 1.48. The van der Waals surface area contributed by atoms with Crippen LogP contribution in [0.5, 0.6) is 0 Å². The molecule has 1 saturated carbocycles. The molecule has 198 valence electrons. The topological polar surface area (TPSA) is 265 Å². The number of nitrogens with zero attached hydrogens (tertiary/aromatic N) is 4. The number of amides is 2. The van der Waals surface area contributed by atoms with Crippen LogP contribution in [0, 0.1) is 5.92 Å². The number of nitrogens with two attached hydrogens (primary N) is 6. The third-order valence-corrected chi connectivity index (χ3v) is 6.28. The first-order valence-electron chi connectivity index (χ1n) is 11.1. The lowest BCUT2D eigenvalue weighted by Crippen LogP contribution is -2.39. The van der Waals surface area contributed by atoms with Crippen LogP contribution in [0.1, 0.15) is 46.5 Å². The number of halogens is 2. The maximum atomic E-state index is 12.4. The van der Waals surface area contributed by atoms with Gasteiger partial charge in [0.2, 0.25) is 0 Å². The van der Waals surface area contributed by atoms with Gasteiger partial charge in [-0.2, -0.15) is 0 Å². The number of carbonyl (C=O) groups excluding carboxylic acids is 2. The van der Waals surface area contributed by atoms with Crippen molar-refractivity contribution in [2.75, 3.05) is 29.5 Å². The lowest BCUT2D eigenvalue weighted by molar-refractivity contribution is 0.0966. The van der Waals surface area contributed by atoms with Crippen LogP contribution in [-0.4, -0.2) is 46.3 Å². The van der Waals surface area contributed by atoms with E-state index in [9.17, 15) is 9.59 Å². The zero-order chi connectivity index (χ0) is 27.3. The molecule has 0 unspecified atom stereocenters. The maximum absolute atomic E-state index is 12.4. The number of benzene rings is 1. The predicted molar refractivity (Wildman–Crippen MR) is 145 cm³/mol. The summed E-state index contributed by atoms with van der Waals surface area (Å²) in [7, 11) is 0. The van der Waals surface area contributed by atoms with Crippen molar-refractivity contribution < 1.29 is 9.59 Å². The Morgan fingerprint density at radius 1 is 0.892 bits per heavy atom. The van der Waals surface area contributed by atoms with E-state index in [1.165, 1.54) is 12.1 Å². The van der Waals surface area contributed by atoms with Crippen molar-refractivity contribution in [3.8, 4) is 0 Å². The van der Waals surface area contributed by atoms with Gasteiger partial charge in [0.05, 0.1) is 22.3 Å². The van der Waals surface area contributed by atoms with Crippen LogP contribution in [0.3, 0.4) is 0 Å². The summed E-state index contributed by atoms with van der Waals surface area (Å²) in [6.45, 7) is 0.419. The largest absolute Gasteiger partial charge is 0.398 e. The highest BCUT2D eigenvalue weighted by Gasteiger charge is 2.22. The molecule has 0 atom stereocenters. The van der Waals surface area contributed by atoms with E-state index in [-0.39, 0.29) is 68.3 Å². The number of nitrogen functional groups attached to an aromatic ring is 4. The summed E-state index contributed by atoms with van der Waals surface area (Å²) >= 11 is 11.8. The van der Waals surface area contributed by atoms with Gasteiger partial charge in [-0.05, 0) is 43.7 Å². The third kappa shape index (κ3) is 7.24. The van der Waals surface area contributed by atoms with E-state index in [2.05, 4.69) is 30.6 Å². The Labute approximate surface area is 222 Å². The first-order valence-corrected chi connectivity index (χ1v) is 11.9. The Bertz CT molecular complexity index is 1260. The summed E-state index contributed by atoms with van der Waals surface area (Å²) in [5.41, 5.74) is 34.8. The highest BCUT2D eigenvalue weighted by molar-refractivity contribution is 6.33. The molecule has 0 bridgehead atoms. The quantitative estimate of drug-likeness (QED) is 0.144. The first-order chi connectivity index (χ1) is 17.4. The molecular formula is C21H28Cl2N12O2. The van der Waals surface area contributed by atoms with Gasteiger partial charge in [0.15, 0.2) is 34.4 Å². The van der Waals surface area contributed by atoms with Crippen LogP contribution in [0.15, 0.2) is 22.1 Å². The van der Waals surface area contributed by atoms with Crippen LogP contribution >= 0.6 is 23.2 Å². The molecule has 16 heteroatoms. The number of carbonyl (C=O) groups is 2. The highest BCUT2D eigenvalue weighted by Crippen LogP contribution is 2.27. The molecule has 14 nitrogen and oxygen atoms in total. The van der Waals surface area contributed by atoms with E-state index in [1.54, 1.807) is 0 Å². The second kappa shape index (κ2) is 11.8. The number of nitrogens with one attached hydrogen (secondary N) is 2. The van der Waals surface area contributed by atoms with Crippen molar-refractivity contribution in [1.82, 2.24) is 20.6 Å². The average molecular weight is 551 g/mol. The van der Waals surface area contributed by atoms with Gasteiger partial charge in [0.25, 0.3) is 11.8 Å². The second-order valence-electron chi connectivity index (χ2n) is 8.42. The van der Waals surface area contributed by atoms with Crippen LogP contribution in [0.4, 0.5) is 23.0 Å². The number of hydrogen-bond acceptors (Lipinski definition) is 10. The van der Waals surface area contributed by atoms with Crippen LogP contribution in [-0.2, 0) is 0 Å². The Morgan fingerprint density at radius 3 is 2.22 bits per heavy atom. The van der Waals surface area contributed by atoms with E-state index < -0.39 is 11.8 Å². The summed E-state index contributed by atoms with van der Waals surface area (Å²) < 4.78 is 0. The van der Waals surface area contributed by atoms with E-state index in [1.807, 2.05) is 0 Å². The fraction of sp³-hybridized carbons (Fsp3) is 0.333. The Hall–Kier alpha value is -4.04. The van der Waals surface area contributed by atoms with Gasteiger partial charge in [-0.3, -0.25) is 25.2 Å². The van der Waals surface area contributed by atoms with Crippen molar-refractivity contribution in [2.24, 2.45) is 27.4 Å². The van der Waals surface area contributed by atoms with Crippen molar-refractivity contribution in [3.63, 3.8) is 0 Å². The van der Waals surface area contributed by atoms with E-state index in [4.69, 9.17) is 57.6 Å². The van der Waals surface area contributed by atoms with E-state index in [0.29, 0.717) is 6.54 Å². The molecule has 1 aliphatic carbocycles. The van der Waals surface area contributed by atoms with E-state index in [0.717, 1.165) is 25.7 Å². The minimum Gasteiger partial charge on any atom is -0.398 e. The van der Waals surface area contributed by atoms with Gasteiger partial charge in [-0.1, -0.05) is 23.2 Å². The van der Waals surface area contributed by atoms with Gasteiger partial charge in [-0.15, -0.1) is 0 Å². The summed E-state index contributed by atoms with van der Waals surface area (Å²) in [5.74, 6) is -1.37. The molecule has 37 heavy (non-hydrogen) atoms. The van der Waals surface area contributed by atoms with Crippen molar-refractivity contribution in [3.05, 3.63) is 33.6 Å². The van der Waals surface area contributed by atoms with Gasteiger partial charge in [0, 0.05) is 12.2 Å². The average Bonchev–Trinajstić information content (AvgIpc) is 2.83. The van der Waals surface area contributed by atoms with Gasteiger partial charge in [-0.25, -0.2) is 15.0 Å². The van der Waals surface area contributed by atoms with Crippen LogP contribution < -0.4 is 45.0 Å². The summed E-state index contributed by atoms with van der Waals surface area (Å²) in [5, 5.41) is 4.99. The molecule has 2 amide bonds.